The number of hydrogen-bond donors (Lipinski definition) is 4. The van der Waals surface area contributed by atoms with Crippen LogP contribution in [0, 0.1) is 17.8 Å². The number of rotatable bonds is 11. The third-order valence-corrected chi connectivity index (χ3v) is 8.08. The zero-order chi connectivity index (χ0) is 32.2. The Bertz CT molecular complexity index is 925. The fourth-order valence-electron chi connectivity index (χ4n) is 5.05. The molecule has 0 aromatic rings. The zero-order valence-corrected chi connectivity index (χ0v) is 26.9. The van der Waals surface area contributed by atoms with E-state index in [-0.39, 0.29) is 43.1 Å². The lowest BCUT2D eigenvalue weighted by atomic mass is 9.88. The molecule has 0 bridgehead atoms. The molecule has 0 fully saturated rings. The molecule has 10 nitrogen and oxygen atoms in total. The monoisotopic (exact) mass is 597 g/mol. The lowest BCUT2D eigenvalue weighted by Gasteiger charge is -2.31. The maximum Gasteiger partial charge on any atom is 0.409 e. The number of ether oxygens (including phenoxy) is 3. The van der Waals surface area contributed by atoms with Crippen molar-refractivity contribution in [3.63, 3.8) is 0 Å². The molecule has 10 unspecified atom stereocenters. The van der Waals surface area contributed by atoms with E-state index >= 15 is 0 Å². The molecule has 42 heavy (non-hydrogen) atoms. The van der Waals surface area contributed by atoms with E-state index in [9.17, 15) is 30.0 Å². The summed E-state index contributed by atoms with van der Waals surface area (Å²) >= 11 is 0. The highest BCUT2D eigenvalue weighted by molar-refractivity contribution is 5.72. The molecule has 242 valence electrons. The van der Waals surface area contributed by atoms with Gasteiger partial charge in [0.1, 0.15) is 18.3 Å². The Hall–Kier alpha value is -2.24. The number of esters is 1. The summed E-state index contributed by atoms with van der Waals surface area (Å²) in [5, 5.41) is 42.8. The van der Waals surface area contributed by atoms with E-state index < -0.39 is 48.2 Å². The fourth-order valence-corrected chi connectivity index (χ4v) is 5.05. The molecule has 1 heterocycles. The van der Waals surface area contributed by atoms with E-state index in [4.69, 9.17) is 14.2 Å². The van der Waals surface area contributed by atoms with Gasteiger partial charge in [-0.25, -0.2) is 4.79 Å². The van der Waals surface area contributed by atoms with Gasteiger partial charge in [-0.05, 0) is 51.0 Å². The normalized spacial score (nSPS) is 30.7. The van der Waals surface area contributed by atoms with E-state index in [1.807, 2.05) is 34.6 Å². The van der Waals surface area contributed by atoms with Crippen LogP contribution in [0.15, 0.2) is 36.0 Å². The van der Waals surface area contributed by atoms with Gasteiger partial charge < -0.3 is 39.5 Å². The summed E-state index contributed by atoms with van der Waals surface area (Å²) in [4.78, 5) is 26.4. The smallest absolute Gasteiger partial charge is 0.409 e. The average Bonchev–Trinajstić information content (AvgIpc) is 2.92. The van der Waals surface area contributed by atoms with Crippen LogP contribution >= 0.6 is 0 Å². The Balaban J connectivity index is 3.11. The molecule has 0 aliphatic carbocycles. The van der Waals surface area contributed by atoms with Crippen molar-refractivity contribution in [3.8, 4) is 0 Å². The Labute approximate surface area is 252 Å². The minimum atomic E-state index is -1.49. The van der Waals surface area contributed by atoms with Crippen molar-refractivity contribution >= 4 is 12.1 Å². The summed E-state index contributed by atoms with van der Waals surface area (Å²) in [6, 6.07) is 0. The van der Waals surface area contributed by atoms with Crippen LogP contribution in [-0.4, -0.2) is 101 Å². The second-order valence-electron chi connectivity index (χ2n) is 12.2. The second-order valence-corrected chi connectivity index (χ2v) is 12.2. The molecule has 1 aliphatic rings. The third kappa shape index (κ3) is 12.2. The molecule has 10 atom stereocenters. The van der Waals surface area contributed by atoms with Crippen LogP contribution < -0.4 is 0 Å². The van der Waals surface area contributed by atoms with Gasteiger partial charge in [-0.15, -0.1) is 0 Å². The number of nitrogens with zero attached hydrogens (tertiary/aromatic N) is 1. The standard InChI is InChI=1S/C32H55NO9/c1-10-26(40-9)23(5)18-25(34)29(37)20(2)12-11-13-21(3)30-22(4)14-15-27(35)32(6,39)17-16-24(19-28(36)42-30)41-31(38)33(7)8/h11-15,20,22-27,29-30,34-35,37,39H,10,16-19H2,1-9H3/b12-11+,15-14+,21-13+. The second kappa shape index (κ2) is 17.8. The molecule has 4 N–H and O–H groups in total. The number of cyclic esters (lactones) is 1. The Kier molecular flexibility index (Phi) is 16.0. The first-order chi connectivity index (χ1) is 19.5. The van der Waals surface area contributed by atoms with E-state index in [0.29, 0.717) is 12.0 Å². The van der Waals surface area contributed by atoms with Gasteiger partial charge >= 0.3 is 12.1 Å². The summed E-state index contributed by atoms with van der Waals surface area (Å²) in [6.07, 6.45) is 4.57. The van der Waals surface area contributed by atoms with Gasteiger partial charge in [0.15, 0.2) is 0 Å². The summed E-state index contributed by atoms with van der Waals surface area (Å²) in [7, 11) is 4.71. The topological polar surface area (TPSA) is 146 Å². The molecule has 0 radical (unpaired) electrons. The maximum absolute atomic E-state index is 13.0. The van der Waals surface area contributed by atoms with Crippen LogP contribution in [-0.2, 0) is 19.0 Å². The molecular weight excluding hydrogens is 542 g/mol. The van der Waals surface area contributed by atoms with Crippen molar-refractivity contribution < 1.29 is 44.2 Å². The lowest BCUT2D eigenvalue weighted by Crippen LogP contribution is -2.40. The Morgan fingerprint density at radius 1 is 1.26 bits per heavy atom. The third-order valence-electron chi connectivity index (χ3n) is 8.08. The largest absolute Gasteiger partial charge is 0.457 e. The van der Waals surface area contributed by atoms with Crippen molar-refractivity contribution in [2.45, 2.75) is 116 Å². The molecule has 1 aliphatic heterocycles. The molecule has 0 aromatic heterocycles. The van der Waals surface area contributed by atoms with Gasteiger partial charge in [-0.3, -0.25) is 4.79 Å². The van der Waals surface area contributed by atoms with Gasteiger partial charge in [0.2, 0.25) is 0 Å². The number of carbonyl (C=O) groups excluding carboxylic acids is 2. The minimum Gasteiger partial charge on any atom is -0.457 e. The predicted octanol–water partition coefficient (Wildman–Crippen LogP) is 3.76. The molecule has 1 amide bonds. The molecular formula is C32H55NO9. The van der Waals surface area contributed by atoms with E-state index in [2.05, 4.69) is 0 Å². The lowest BCUT2D eigenvalue weighted by molar-refractivity contribution is -0.151. The fraction of sp³-hybridized carbons (Fsp3) is 0.750. The van der Waals surface area contributed by atoms with Gasteiger partial charge in [0.25, 0.3) is 0 Å². The van der Waals surface area contributed by atoms with Crippen LogP contribution in [0.5, 0.6) is 0 Å². The van der Waals surface area contributed by atoms with Crippen LogP contribution in [0.3, 0.4) is 0 Å². The number of aliphatic hydroxyl groups excluding tert-OH is 3. The SMILES string of the molecule is CCC(OC)C(C)CC(O)C(O)C(C)/C=C/C=C(\C)C1OC(=O)CC(OC(=O)N(C)C)CCC(C)(O)C(O)/C=C/C1C. The first-order valence-electron chi connectivity index (χ1n) is 14.9. The van der Waals surface area contributed by atoms with E-state index in [1.165, 1.54) is 32.0 Å². The highest BCUT2D eigenvalue weighted by Gasteiger charge is 2.33. The number of amides is 1. The van der Waals surface area contributed by atoms with Crippen molar-refractivity contribution in [2.75, 3.05) is 21.2 Å². The van der Waals surface area contributed by atoms with Gasteiger partial charge in [0, 0.05) is 33.0 Å². The summed E-state index contributed by atoms with van der Waals surface area (Å²) in [6.45, 7) is 11.0. The summed E-state index contributed by atoms with van der Waals surface area (Å²) < 4.78 is 16.8. The maximum atomic E-state index is 13.0. The molecule has 1 rings (SSSR count). The van der Waals surface area contributed by atoms with E-state index in [0.717, 1.165) is 6.42 Å². The van der Waals surface area contributed by atoms with Gasteiger partial charge in [0.05, 0.1) is 30.3 Å². The van der Waals surface area contributed by atoms with Crippen molar-refractivity contribution in [1.82, 2.24) is 4.90 Å². The summed E-state index contributed by atoms with van der Waals surface area (Å²) in [5.74, 6) is -1.18. The number of allylic oxidation sites excluding steroid dienone is 2. The van der Waals surface area contributed by atoms with Gasteiger partial charge in [-0.1, -0.05) is 58.1 Å². The van der Waals surface area contributed by atoms with Gasteiger partial charge in [-0.2, -0.15) is 0 Å². The summed E-state index contributed by atoms with van der Waals surface area (Å²) in [5.41, 5.74) is -0.787. The molecule has 0 saturated carbocycles. The number of carbonyl (C=O) groups is 2. The Morgan fingerprint density at radius 3 is 2.48 bits per heavy atom. The minimum absolute atomic E-state index is 0.00975. The first-order valence-corrected chi connectivity index (χ1v) is 14.9. The molecule has 0 aromatic carbocycles. The van der Waals surface area contributed by atoms with Crippen LogP contribution in [0.1, 0.15) is 73.6 Å². The van der Waals surface area contributed by atoms with Crippen molar-refractivity contribution in [2.24, 2.45) is 17.8 Å². The zero-order valence-electron chi connectivity index (χ0n) is 26.9. The van der Waals surface area contributed by atoms with Crippen molar-refractivity contribution in [1.29, 1.82) is 0 Å². The van der Waals surface area contributed by atoms with Crippen LogP contribution in [0.25, 0.3) is 0 Å². The quantitative estimate of drug-likeness (QED) is 0.159. The first kappa shape index (κ1) is 37.8. The predicted molar refractivity (Wildman–Crippen MR) is 162 cm³/mol. The average molecular weight is 598 g/mol. The van der Waals surface area contributed by atoms with Crippen molar-refractivity contribution in [3.05, 3.63) is 36.0 Å². The van der Waals surface area contributed by atoms with E-state index in [1.54, 1.807) is 31.4 Å². The highest BCUT2D eigenvalue weighted by atomic mass is 16.6. The molecule has 10 heteroatoms. The number of methoxy groups -OCH3 is 1. The van der Waals surface area contributed by atoms with Crippen LogP contribution in [0.4, 0.5) is 4.79 Å². The molecule has 0 saturated heterocycles. The molecule has 0 spiro atoms. The number of aliphatic hydroxyl groups is 4. The number of hydrogen-bond acceptors (Lipinski definition) is 9. The van der Waals surface area contributed by atoms with Crippen LogP contribution in [0.2, 0.25) is 0 Å². The Morgan fingerprint density at radius 2 is 1.90 bits per heavy atom. The highest BCUT2D eigenvalue weighted by Crippen LogP contribution is 2.27.